The highest BCUT2D eigenvalue weighted by molar-refractivity contribution is 9.11. The highest BCUT2D eigenvalue weighted by Gasteiger charge is 2.13. The van der Waals surface area contributed by atoms with Crippen molar-refractivity contribution in [2.24, 2.45) is 0 Å². The van der Waals surface area contributed by atoms with E-state index in [0.29, 0.717) is 0 Å². The summed E-state index contributed by atoms with van der Waals surface area (Å²) in [5, 5.41) is 0. The highest BCUT2D eigenvalue weighted by Crippen LogP contribution is 2.14. The van der Waals surface area contributed by atoms with E-state index in [4.69, 9.17) is 8.85 Å². The van der Waals surface area contributed by atoms with E-state index >= 15 is 0 Å². The van der Waals surface area contributed by atoms with Crippen LogP contribution in [0.3, 0.4) is 0 Å². The Kier molecular flexibility index (Phi) is 5.05. The first-order valence-corrected chi connectivity index (χ1v) is 8.11. The fourth-order valence-electron chi connectivity index (χ4n) is 1.43. The van der Waals surface area contributed by atoms with E-state index in [2.05, 4.69) is 15.9 Å². The van der Waals surface area contributed by atoms with Crippen LogP contribution < -0.4 is 8.85 Å². The van der Waals surface area contributed by atoms with Crippen LogP contribution in [-0.2, 0) is 0 Å². The summed E-state index contributed by atoms with van der Waals surface area (Å²) in [5.41, 5.74) is 1.93. The largest absolute Gasteiger partial charge is 0.511 e. The molecule has 18 heavy (non-hydrogen) atoms. The topological polar surface area (TPSA) is 18.5 Å². The molecule has 0 saturated carbocycles. The van der Waals surface area contributed by atoms with Crippen LogP contribution in [0.5, 0.6) is 11.5 Å². The molecule has 0 amide bonds. The van der Waals surface area contributed by atoms with E-state index in [1.165, 1.54) is 0 Å². The predicted octanol–water partition coefficient (Wildman–Crippen LogP) is 3.81. The summed E-state index contributed by atoms with van der Waals surface area (Å²) in [7, 11) is -1.91. The van der Waals surface area contributed by atoms with Crippen molar-refractivity contribution in [3.05, 3.63) is 71.3 Å². The van der Waals surface area contributed by atoms with Crippen LogP contribution in [-0.4, -0.2) is 9.28 Å². The molecule has 0 atom stereocenters. The van der Waals surface area contributed by atoms with Gasteiger partial charge in [0.15, 0.2) is 0 Å². The van der Waals surface area contributed by atoms with Crippen molar-refractivity contribution in [1.29, 1.82) is 0 Å². The minimum Gasteiger partial charge on any atom is -0.511 e. The molecule has 2 aromatic rings. The van der Waals surface area contributed by atoms with Crippen molar-refractivity contribution >= 4 is 25.2 Å². The molecule has 0 aliphatic carbocycles. The summed E-state index contributed by atoms with van der Waals surface area (Å²) >= 11 is 3.27. The van der Waals surface area contributed by atoms with E-state index in [1.807, 2.05) is 66.4 Å². The standard InChI is InChI=1S/C14H13BrO2Si/c15-11-12-18(16-13-7-3-1-4-8-13)17-14-9-5-2-6-10-14/h1-12,18H. The van der Waals surface area contributed by atoms with Crippen molar-refractivity contribution in [2.45, 2.75) is 0 Å². The average molecular weight is 321 g/mol. The van der Waals surface area contributed by atoms with Gasteiger partial charge >= 0.3 is 9.28 Å². The third-order valence-electron chi connectivity index (χ3n) is 2.22. The third-order valence-corrected chi connectivity index (χ3v) is 4.61. The summed E-state index contributed by atoms with van der Waals surface area (Å²) < 4.78 is 11.7. The first-order chi connectivity index (χ1) is 8.88. The molecule has 0 saturated heterocycles. The first-order valence-electron chi connectivity index (χ1n) is 5.59. The number of hydrogen-bond acceptors (Lipinski definition) is 2. The molecule has 0 radical (unpaired) electrons. The predicted molar refractivity (Wildman–Crippen MR) is 79.4 cm³/mol. The van der Waals surface area contributed by atoms with Crippen LogP contribution in [0.15, 0.2) is 71.3 Å². The number of benzene rings is 2. The van der Waals surface area contributed by atoms with Crippen LogP contribution in [0, 0.1) is 0 Å². The monoisotopic (exact) mass is 320 g/mol. The Morgan fingerprint density at radius 2 is 1.22 bits per heavy atom. The molecule has 0 aliphatic heterocycles. The van der Waals surface area contributed by atoms with Gasteiger partial charge < -0.3 is 8.85 Å². The lowest BCUT2D eigenvalue weighted by Gasteiger charge is -2.15. The van der Waals surface area contributed by atoms with Crippen LogP contribution in [0.1, 0.15) is 0 Å². The van der Waals surface area contributed by atoms with E-state index in [0.717, 1.165) is 11.5 Å². The van der Waals surface area contributed by atoms with Crippen LogP contribution in [0.4, 0.5) is 0 Å². The lowest BCUT2D eigenvalue weighted by atomic mass is 10.3. The van der Waals surface area contributed by atoms with Crippen LogP contribution >= 0.6 is 15.9 Å². The van der Waals surface area contributed by atoms with Gasteiger partial charge in [-0.3, -0.25) is 0 Å². The molecule has 0 aliphatic rings. The van der Waals surface area contributed by atoms with Gasteiger partial charge in [-0.05, 0) is 35.0 Å². The molecule has 2 aromatic carbocycles. The average Bonchev–Trinajstić information content (AvgIpc) is 2.41. The minimum absolute atomic E-state index is 0.829. The van der Waals surface area contributed by atoms with Crippen LogP contribution in [0.2, 0.25) is 0 Å². The van der Waals surface area contributed by atoms with Gasteiger partial charge in [-0.15, -0.1) is 0 Å². The maximum Gasteiger partial charge on any atom is 0.472 e. The van der Waals surface area contributed by atoms with Gasteiger partial charge in [0, 0.05) is 0 Å². The first kappa shape index (κ1) is 12.9. The summed E-state index contributed by atoms with van der Waals surface area (Å²) in [4.78, 5) is 1.79. The van der Waals surface area contributed by atoms with E-state index in [-0.39, 0.29) is 0 Å². The number of rotatable bonds is 5. The van der Waals surface area contributed by atoms with Gasteiger partial charge in [0.2, 0.25) is 0 Å². The summed E-state index contributed by atoms with van der Waals surface area (Å²) in [5.74, 6) is 1.66. The SMILES string of the molecule is BrC=C[SiH](Oc1ccccc1)Oc1ccccc1. The Balaban J connectivity index is 2.05. The smallest absolute Gasteiger partial charge is 0.472 e. The molecule has 0 spiro atoms. The molecule has 4 heteroatoms. The molecule has 0 unspecified atom stereocenters. The molecule has 0 aromatic heterocycles. The van der Waals surface area contributed by atoms with Crippen molar-refractivity contribution in [1.82, 2.24) is 0 Å². The molecule has 0 heterocycles. The quantitative estimate of drug-likeness (QED) is 0.780. The van der Waals surface area contributed by atoms with Crippen molar-refractivity contribution in [3.63, 3.8) is 0 Å². The zero-order valence-corrected chi connectivity index (χ0v) is 12.4. The lowest BCUT2D eigenvalue weighted by Crippen LogP contribution is -2.27. The second kappa shape index (κ2) is 7.03. The minimum atomic E-state index is -1.91. The van der Waals surface area contributed by atoms with Crippen molar-refractivity contribution in [2.75, 3.05) is 0 Å². The molecule has 0 bridgehead atoms. The lowest BCUT2D eigenvalue weighted by molar-refractivity contribution is 0.438. The molecule has 0 N–H and O–H groups in total. The molecule has 0 fully saturated rings. The van der Waals surface area contributed by atoms with Gasteiger partial charge in [-0.1, -0.05) is 52.3 Å². The third kappa shape index (κ3) is 4.05. The van der Waals surface area contributed by atoms with Crippen LogP contribution in [0.25, 0.3) is 0 Å². The highest BCUT2D eigenvalue weighted by atomic mass is 79.9. The van der Waals surface area contributed by atoms with Crippen molar-refractivity contribution in [3.8, 4) is 11.5 Å². The summed E-state index contributed by atoms with van der Waals surface area (Å²) in [6.07, 6.45) is 0. The van der Waals surface area contributed by atoms with E-state index < -0.39 is 9.28 Å². The van der Waals surface area contributed by atoms with Gasteiger partial charge in [-0.25, -0.2) is 0 Å². The van der Waals surface area contributed by atoms with Crippen molar-refractivity contribution < 1.29 is 8.85 Å². The van der Waals surface area contributed by atoms with Gasteiger partial charge in [-0.2, -0.15) is 0 Å². The number of para-hydroxylation sites is 2. The fraction of sp³-hybridized carbons (Fsp3) is 0. The van der Waals surface area contributed by atoms with Gasteiger partial charge in [0.25, 0.3) is 0 Å². The maximum atomic E-state index is 5.86. The second-order valence-electron chi connectivity index (χ2n) is 3.55. The Morgan fingerprint density at radius 1 is 0.778 bits per heavy atom. The molecular formula is C14H13BrO2Si. The Labute approximate surface area is 117 Å². The number of hydrogen-bond donors (Lipinski definition) is 0. The van der Waals surface area contributed by atoms with Gasteiger partial charge in [0.05, 0.1) is 0 Å². The molecule has 92 valence electrons. The number of halogens is 1. The maximum absolute atomic E-state index is 5.86. The second-order valence-corrected chi connectivity index (χ2v) is 5.67. The van der Waals surface area contributed by atoms with E-state index in [1.54, 1.807) is 4.99 Å². The summed E-state index contributed by atoms with van der Waals surface area (Å²) in [6, 6.07) is 19.4. The summed E-state index contributed by atoms with van der Waals surface area (Å²) in [6.45, 7) is 0. The Hall–Kier alpha value is -1.52. The Bertz CT molecular complexity index is 446. The molecular weight excluding hydrogens is 308 g/mol. The molecule has 2 rings (SSSR count). The fourth-order valence-corrected chi connectivity index (χ4v) is 3.35. The molecule has 2 nitrogen and oxygen atoms in total. The normalized spacial score (nSPS) is 10.8. The Morgan fingerprint density at radius 3 is 1.61 bits per heavy atom. The van der Waals surface area contributed by atoms with E-state index in [9.17, 15) is 0 Å². The zero-order valence-electron chi connectivity index (χ0n) is 9.70. The van der Waals surface area contributed by atoms with Gasteiger partial charge in [0.1, 0.15) is 11.5 Å². The zero-order chi connectivity index (χ0) is 12.6.